The molecule has 0 saturated heterocycles. The molecule has 0 spiro atoms. The third-order valence-electron chi connectivity index (χ3n) is 3.32. The van der Waals surface area contributed by atoms with E-state index < -0.39 is 0 Å². The molecule has 0 N–H and O–H groups in total. The number of nitrogens with zero attached hydrogens (tertiary/aromatic N) is 1. The van der Waals surface area contributed by atoms with Crippen LogP contribution in [0.2, 0.25) is 0 Å². The molecule has 108 valence electrons. The number of hydrogen-bond acceptors (Lipinski definition) is 2. The number of para-hydroxylation sites is 1. The largest absolute Gasteiger partial charge is 0.493 e. The van der Waals surface area contributed by atoms with Crippen molar-refractivity contribution in [2.45, 2.75) is 46.0 Å². The van der Waals surface area contributed by atoms with Crippen molar-refractivity contribution in [3.8, 4) is 5.75 Å². The third kappa shape index (κ3) is 4.87. The third-order valence-corrected chi connectivity index (χ3v) is 3.32. The maximum atomic E-state index is 6.11. The standard InChI is InChI=1S/C17H29NO/c1-13(2)15-9-7-10-16(14(3)4)17(15)19-12-8-11-18(5)6/h7,9-10,13-14H,8,11-12H2,1-6H3. The van der Waals surface area contributed by atoms with Gasteiger partial charge in [-0.25, -0.2) is 0 Å². The van der Waals surface area contributed by atoms with Crippen LogP contribution < -0.4 is 4.74 Å². The molecule has 0 aromatic heterocycles. The average molecular weight is 263 g/mol. The summed E-state index contributed by atoms with van der Waals surface area (Å²) in [6.07, 6.45) is 1.07. The predicted octanol–water partition coefficient (Wildman–Crippen LogP) is 4.26. The van der Waals surface area contributed by atoms with E-state index in [1.165, 1.54) is 11.1 Å². The molecule has 0 atom stereocenters. The number of hydrogen-bond donors (Lipinski definition) is 0. The van der Waals surface area contributed by atoms with Gasteiger partial charge in [-0.05, 0) is 43.5 Å². The second kappa shape index (κ2) is 7.54. The fourth-order valence-electron chi connectivity index (χ4n) is 2.20. The zero-order chi connectivity index (χ0) is 14.4. The van der Waals surface area contributed by atoms with Crippen LogP contribution in [-0.4, -0.2) is 32.1 Å². The Morgan fingerprint density at radius 2 is 1.53 bits per heavy atom. The molecule has 0 amide bonds. The van der Waals surface area contributed by atoms with Crippen LogP contribution in [0.5, 0.6) is 5.75 Å². The van der Waals surface area contributed by atoms with Gasteiger partial charge in [0, 0.05) is 6.54 Å². The Balaban J connectivity index is 2.83. The highest BCUT2D eigenvalue weighted by Crippen LogP contribution is 2.34. The molecule has 0 fully saturated rings. The Kier molecular flexibility index (Phi) is 6.36. The van der Waals surface area contributed by atoms with Crippen LogP contribution in [-0.2, 0) is 0 Å². The maximum absolute atomic E-state index is 6.11. The van der Waals surface area contributed by atoms with Gasteiger partial charge in [-0.3, -0.25) is 0 Å². The van der Waals surface area contributed by atoms with Crippen LogP contribution in [0.15, 0.2) is 18.2 Å². The van der Waals surface area contributed by atoms with Gasteiger partial charge < -0.3 is 9.64 Å². The second-order valence-electron chi connectivity index (χ2n) is 6.08. The van der Waals surface area contributed by atoms with E-state index in [9.17, 15) is 0 Å². The molecule has 0 radical (unpaired) electrons. The molecule has 1 aromatic carbocycles. The SMILES string of the molecule is CC(C)c1cccc(C(C)C)c1OCCCN(C)C. The molecule has 0 aliphatic carbocycles. The van der Waals surface area contributed by atoms with Crippen LogP contribution in [0.3, 0.4) is 0 Å². The zero-order valence-corrected chi connectivity index (χ0v) is 13.4. The Morgan fingerprint density at radius 1 is 1.00 bits per heavy atom. The van der Waals surface area contributed by atoms with E-state index in [1.54, 1.807) is 0 Å². The quantitative estimate of drug-likeness (QED) is 0.681. The van der Waals surface area contributed by atoms with Crippen LogP contribution >= 0.6 is 0 Å². The fraction of sp³-hybridized carbons (Fsp3) is 0.647. The minimum Gasteiger partial charge on any atom is -0.493 e. The van der Waals surface area contributed by atoms with E-state index in [-0.39, 0.29) is 0 Å². The molecule has 19 heavy (non-hydrogen) atoms. The van der Waals surface area contributed by atoms with Gasteiger partial charge in [-0.1, -0.05) is 45.9 Å². The molecular weight excluding hydrogens is 234 g/mol. The lowest BCUT2D eigenvalue weighted by Crippen LogP contribution is -2.16. The lowest BCUT2D eigenvalue weighted by molar-refractivity contribution is 0.276. The van der Waals surface area contributed by atoms with Gasteiger partial charge in [0.25, 0.3) is 0 Å². The molecule has 2 heteroatoms. The van der Waals surface area contributed by atoms with Crippen molar-refractivity contribution in [1.29, 1.82) is 0 Å². The van der Waals surface area contributed by atoms with Gasteiger partial charge in [0.1, 0.15) is 5.75 Å². The number of benzene rings is 1. The van der Waals surface area contributed by atoms with Crippen molar-refractivity contribution >= 4 is 0 Å². The Morgan fingerprint density at radius 3 is 1.95 bits per heavy atom. The van der Waals surface area contributed by atoms with Crippen molar-refractivity contribution in [3.05, 3.63) is 29.3 Å². The van der Waals surface area contributed by atoms with Gasteiger partial charge in [0.15, 0.2) is 0 Å². The summed E-state index contributed by atoms with van der Waals surface area (Å²) in [6, 6.07) is 6.53. The smallest absolute Gasteiger partial charge is 0.126 e. The van der Waals surface area contributed by atoms with E-state index >= 15 is 0 Å². The van der Waals surface area contributed by atoms with Crippen molar-refractivity contribution in [2.75, 3.05) is 27.2 Å². The van der Waals surface area contributed by atoms with Gasteiger partial charge in [0.2, 0.25) is 0 Å². The minimum absolute atomic E-state index is 0.502. The molecule has 0 heterocycles. The average Bonchev–Trinajstić information content (AvgIpc) is 2.33. The molecule has 0 aliphatic heterocycles. The first kappa shape index (κ1) is 16.0. The van der Waals surface area contributed by atoms with Crippen LogP contribution in [0, 0.1) is 0 Å². The molecule has 1 rings (SSSR count). The molecule has 0 unspecified atom stereocenters. The van der Waals surface area contributed by atoms with E-state index in [2.05, 4.69) is 64.9 Å². The molecule has 0 saturated carbocycles. The van der Waals surface area contributed by atoms with Gasteiger partial charge >= 0.3 is 0 Å². The first-order valence-corrected chi connectivity index (χ1v) is 7.33. The Bertz CT molecular complexity index is 357. The van der Waals surface area contributed by atoms with E-state index in [0.717, 1.165) is 25.3 Å². The lowest BCUT2D eigenvalue weighted by Gasteiger charge is -2.20. The highest BCUT2D eigenvalue weighted by atomic mass is 16.5. The summed E-state index contributed by atoms with van der Waals surface area (Å²) in [4.78, 5) is 2.20. The normalized spacial score (nSPS) is 11.6. The molecule has 2 nitrogen and oxygen atoms in total. The minimum atomic E-state index is 0.502. The molecule has 1 aromatic rings. The topological polar surface area (TPSA) is 12.5 Å². The van der Waals surface area contributed by atoms with Gasteiger partial charge in [-0.15, -0.1) is 0 Å². The predicted molar refractivity (Wildman–Crippen MR) is 83.3 cm³/mol. The summed E-state index contributed by atoms with van der Waals surface area (Å²) in [7, 11) is 4.20. The zero-order valence-electron chi connectivity index (χ0n) is 13.4. The summed E-state index contributed by atoms with van der Waals surface area (Å²) >= 11 is 0. The number of rotatable bonds is 7. The Labute approximate surface area is 118 Å². The van der Waals surface area contributed by atoms with E-state index in [4.69, 9.17) is 4.74 Å². The Hall–Kier alpha value is -1.02. The fourth-order valence-corrected chi connectivity index (χ4v) is 2.20. The summed E-state index contributed by atoms with van der Waals surface area (Å²) < 4.78 is 6.11. The van der Waals surface area contributed by atoms with Crippen LogP contribution in [0.25, 0.3) is 0 Å². The molecule has 0 bridgehead atoms. The van der Waals surface area contributed by atoms with Crippen molar-refractivity contribution in [1.82, 2.24) is 4.90 Å². The van der Waals surface area contributed by atoms with E-state index in [1.807, 2.05) is 0 Å². The van der Waals surface area contributed by atoms with Crippen molar-refractivity contribution in [2.24, 2.45) is 0 Å². The molecule has 0 aliphatic rings. The van der Waals surface area contributed by atoms with Crippen molar-refractivity contribution < 1.29 is 4.74 Å². The first-order valence-electron chi connectivity index (χ1n) is 7.33. The van der Waals surface area contributed by atoms with E-state index in [0.29, 0.717) is 11.8 Å². The summed E-state index contributed by atoms with van der Waals surface area (Å²) in [5, 5.41) is 0. The second-order valence-corrected chi connectivity index (χ2v) is 6.08. The van der Waals surface area contributed by atoms with Gasteiger partial charge in [-0.2, -0.15) is 0 Å². The summed E-state index contributed by atoms with van der Waals surface area (Å²) in [6.45, 7) is 10.8. The first-order chi connectivity index (χ1) is 8.93. The number of ether oxygens (including phenoxy) is 1. The summed E-state index contributed by atoms with van der Waals surface area (Å²) in [5.41, 5.74) is 2.66. The lowest BCUT2D eigenvalue weighted by atomic mass is 9.94. The van der Waals surface area contributed by atoms with Gasteiger partial charge in [0.05, 0.1) is 6.61 Å². The molecular formula is C17H29NO. The summed E-state index contributed by atoms with van der Waals surface area (Å²) in [5.74, 6) is 2.12. The highest BCUT2D eigenvalue weighted by molar-refractivity contribution is 5.44. The van der Waals surface area contributed by atoms with Crippen molar-refractivity contribution in [3.63, 3.8) is 0 Å². The van der Waals surface area contributed by atoms with Crippen LogP contribution in [0.4, 0.5) is 0 Å². The highest BCUT2D eigenvalue weighted by Gasteiger charge is 2.14. The maximum Gasteiger partial charge on any atom is 0.126 e. The van der Waals surface area contributed by atoms with Crippen LogP contribution in [0.1, 0.15) is 57.1 Å². The monoisotopic (exact) mass is 263 g/mol.